The summed E-state index contributed by atoms with van der Waals surface area (Å²) in [5, 5.41) is 6.62. The second-order valence-electron chi connectivity index (χ2n) is 6.64. The Morgan fingerprint density at radius 3 is 2.30 bits per heavy atom. The maximum Gasteiger partial charge on any atom is 0.282 e. The largest absolute Gasteiger partial charge is 0.365 e. The molecule has 3 heterocycles. The number of primary amides is 1. The number of aromatic nitrogens is 3. The van der Waals surface area contributed by atoms with E-state index in [4.69, 9.17) is 5.73 Å². The van der Waals surface area contributed by atoms with Crippen LogP contribution < -0.4 is 11.1 Å². The Labute approximate surface area is 171 Å². The molecule has 160 valence electrons. The number of anilines is 1. The molecule has 3 aromatic rings. The number of thiophene rings is 1. The molecule has 0 fully saturated rings. The average molecular weight is 443 g/mol. The van der Waals surface area contributed by atoms with E-state index in [1.54, 1.807) is 6.92 Å². The first-order chi connectivity index (χ1) is 14.0. The van der Waals surface area contributed by atoms with E-state index in [0.29, 0.717) is 16.6 Å². The molecule has 0 aliphatic rings. The zero-order valence-corrected chi connectivity index (χ0v) is 16.9. The normalized spacial score (nSPS) is 12.7. The molecule has 2 amide bonds. The summed E-state index contributed by atoms with van der Waals surface area (Å²) < 4.78 is 53.0. The monoisotopic (exact) mass is 443 g/mol. The third-order valence-corrected chi connectivity index (χ3v) is 5.58. The Morgan fingerprint density at radius 2 is 1.77 bits per heavy atom. The van der Waals surface area contributed by atoms with Crippen molar-refractivity contribution in [3.63, 3.8) is 0 Å². The highest BCUT2D eigenvalue weighted by Gasteiger charge is 2.26. The maximum atomic E-state index is 13.1. The lowest BCUT2D eigenvalue weighted by molar-refractivity contribution is -0.119. The van der Waals surface area contributed by atoms with Gasteiger partial charge in [-0.05, 0) is 38.5 Å². The number of pyridine rings is 1. The molecule has 0 aliphatic heterocycles. The van der Waals surface area contributed by atoms with Gasteiger partial charge < -0.3 is 11.1 Å². The van der Waals surface area contributed by atoms with Crippen molar-refractivity contribution in [3.8, 4) is 0 Å². The van der Waals surface area contributed by atoms with Crippen LogP contribution >= 0.6 is 11.3 Å². The number of aryl methyl sites for hydroxylation is 2. The molecule has 0 aliphatic carbocycles. The van der Waals surface area contributed by atoms with Crippen LogP contribution in [0.4, 0.5) is 23.2 Å². The molecule has 1 unspecified atom stereocenters. The van der Waals surface area contributed by atoms with E-state index in [-0.39, 0.29) is 15.4 Å². The van der Waals surface area contributed by atoms with E-state index >= 15 is 0 Å². The average Bonchev–Trinajstić information content (AvgIpc) is 3.22. The number of halogens is 4. The molecule has 3 aromatic heterocycles. The van der Waals surface area contributed by atoms with Crippen LogP contribution in [0.2, 0.25) is 0 Å². The smallest absolute Gasteiger partial charge is 0.282 e. The van der Waals surface area contributed by atoms with Crippen molar-refractivity contribution in [2.75, 3.05) is 5.32 Å². The van der Waals surface area contributed by atoms with E-state index in [2.05, 4.69) is 15.4 Å². The number of nitrogens with one attached hydrogen (secondary N) is 1. The van der Waals surface area contributed by atoms with Crippen molar-refractivity contribution in [1.82, 2.24) is 14.8 Å². The van der Waals surface area contributed by atoms with Crippen LogP contribution in [-0.2, 0) is 4.79 Å². The van der Waals surface area contributed by atoms with Gasteiger partial charge in [-0.2, -0.15) is 5.10 Å². The molecule has 7 nitrogen and oxygen atoms in total. The second kappa shape index (κ2) is 8.01. The summed E-state index contributed by atoms with van der Waals surface area (Å²) in [6.45, 7) is 4.51. The summed E-state index contributed by atoms with van der Waals surface area (Å²) in [5.41, 5.74) is 5.23. The van der Waals surface area contributed by atoms with Crippen LogP contribution in [-0.4, -0.2) is 26.6 Å². The molecule has 12 heteroatoms. The van der Waals surface area contributed by atoms with Gasteiger partial charge in [0.2, 0.25) is 5.91 Å². The van der Waals surface area contributed by atoms with E-state index < -0.39 is 42.1 Å². The number of carbonyl (C=O) groups is 2. The minimum absolute atomic E-state index is 0.0454. The summed E-state index contributed by atoms with van der Waals surface area (Å²) in [6, 6.07) is 1.33. The molecule has 0 bridgehead atoms. The Hall–Kier alpha value is -3.02. The Bertz CT molecular complexity index is 1140. The zero-order chi connectivity index (χ0) is 22.3. The topological polar surface area (TPSA) is 103 Å². The molecule has 0 saturated heterocycles. The van der Waals surface area contributed by atoms with E-state index in [0.717, 1.165) is 22.1 Å². The predicted octanol–water partition coefficient (Wildman–Crippen LogP) is 4.28. The lowest BCUT2D eigenvalue weighted by Gasteiger charge is -2.15. The van der Waals surface area contributed by atoms with E-state index in [1.165, 1.54) is 19.9 Å². The minimum atomic E-state index is -2.81. The van der Waals surface area contributed by atoms with E-state index in [9.17, 15) is 27.2 Å². The maximum absolute atomic E-state index is 13.1. The number of rotatable bonds is 6. The summed E-state index contributed by atoms with van der Waals surface area (Å²) >= 11 is 0.783. The fraction of sp³-hybridized carbons (Fsp3) is 0.333. The fourth-order valence-electron chi connectivity index (χ4n) is 3.06. The number of carbonyl (C=O) groups excluding carboxylic acids is 2. The van der Waals surface area contributed by atoms with Crippen LogP contribution in [0.5, 0.6) is 0 Å². The lowest BCUT2D eigenvalue weighted by Crippen LogP contribution is -2.26. The Morgan fingerprint density at radius 1 is 1.13 bits per heavy atom. The van der Waals surface area contributed by atoms with Crippen LogP contribution in [0.1, 0.15) is 58.1 Å². The van der Waals surface area contributed by atoms with Crippen molar-refractivity contribution in [1.29, 1.82) is 0 Å². The lowest BCUT2D eigenvalue weighted by atomic mass is 10.1. The minimum Gasteiger partial charge on any atom is -0.365 e. The molecule has 1 atom stereocenters. The number of fused-ring (bicyclic) bond motifs is 1. The standard InChI is InChI=1S/C18H17F4N5O2S/c1-6-4-9(14(19)20)24-18-11(6)12(13(30-18)16(23)28)25-17(29)8(3)27-7(2)5-10(26-27)15(21)22/h4-5,8,14-15H,1-3H3,(H2,23,28)(H,25,29). The van der Waals surface area contributed by atoms with Gasteiger partial charge in [0.05, 0.1) is 5.69 Å². The number of nitrogens with zero attached hydrogens (tertiary/aromatic N) is 3. The van der Waals surface area contributed by atoms with Crippen molar-refractivity contribution in [2.45, 2.75) is 39.7 Å². The first kappa shape index (κ1) is 21.7. The Balaban J connectivity index is 2.03. The van der Waals surface area contributed by atoms with Crippen molar-refractivity contribution in [2.24, 2.45) is 5.73 Å². The molecule has 3 rings (SSSR count). The van der Waals surface area contributed by atoms with Gasteiger partial charge in [-0.25, -0.2) is 22.5 Å². The van der Waals surface area contributed by atoms with Crippen LogP contribution in [0, 0.1) is 13.8 Å². The second-order valence-corrected chi connectivity index (χ2v) is 7.64. The highest BCUT2D eigenvalue weighted by molar-refractivity contribution is 7.21. The number of nitrogens with two attached hydrogens (primary N) is 1. The van der Waals surface area contributed by atoms with Gasteiger partial charge in [0.25, 0.3) is 18.8 Å². The van der Waals surface area contributed by atoms with Gasteiger partial charge in [-0.15, -0.1) is 11.3 Å². The zero-order valence-electron chi connectivity index (χ0n) is 16.0. The number of alkyl halides is 4. The number of amides is 2. The third kappa shape index (κ3) is 3.86. The summed E-state index contributed by atoms with van der Waals surface area (Å²) in [6.07, 6.45) is -5.60. The molecule has 30 heavy (non-hydrogen) atoms. The highest BCUT2D eigenvalue weighted by Crippen LogP contribution is 2.38. The van der Waals surface area contributed by atoms with Crippen LogP contribution in [0.25, 0.3) is 10.2 Å². The molecule has 0 aromatic carbocycles. The van der Waals surface area contributed by atoms with Crippen molar-refractivity contribution >= 4 is 39.1 Å². The SMILES string of the molecule is Cc1cc(C(F)F)nc2sc(C(N)=O)c(NC(=O)C(C)n3nc(C(F)F)cc3C)c12. The Kier molecular flexibility index (Phi) is 5.79. The highest BCUT2D eigenvalue weighted by atomic mass is 32.1. The molecule has 0 saturated carbocycles. The van der Waals surface area contributed by atoms with Gasteiger partial charge in [0, 0.05) is 11.1 Å². The molecular formula is C18H17F4N5O2S. The summed E-state index contributed by atoms with van der Waals surface area (Å²) in [7, 11) is 0. The first-order valence-corrected chi connectivity index (χ1v) is 9.50. The van der Waals surface area contributed by atoms with Crippen LogP contribution in [0.3, 0.4) is 0 Å². The van der Waals surface area contributed by atoms with Gasteiger partial charge in [-0.1, -0.05) is 0 Å². The summed E-state index contributed by atoms with van der Waals surface area (Å²) in [5.74, 6) is -1.52. The molecular weight excluding hydrogens is 426 g/mol. The quantitative estimate of drug-likeness (QED) is 0.555. The van der Waals surface area contributed by atoms with Crippen LogP contribution in [0.15, 0.2) is 12.1 Å². The molecule has 0 spiro atoms. The van der Waals surface area contributed by atoms with Gasteiger partial charge >= 0.3 is 0 Å². The molecule has 0 radical (unpaired) electrons. The first-order valence-electron chi connectivity index (χ1n) is 8.68. The molecule has 3 N–H and O–H groups in total. The fourth-order valence-corrected chi connectivity index (χ4v) is 4.13. The van der Waals surface area contributed by atoms with Crippen molar-refractivity contribution in [3.05, 3.63) is 39.7 Å². The number of hydrogen-bond acceptors (Lipinski definition) is 5. The number of hydrogen-bond donors (Lipinski definition) is 2. The third-order valence-electron chi connectivity index (χ3n) is 4.49. The van der Waals surface area contributed by atoms with Crippen molar-refractivity contribution < 1.29 is 27.2 Å². The predicted molar refractivity (Wildman–Crippen MR) is 103 cm³/mol. The summed E-state index contributed by atoms with van der Waals surface area (Å²) in [4.78, 5) is 28.6. The van der Waals surface area contributed by atoms with Gasteiger partial charge in [-0.3, -0.25) is 14.3 Å². The van der Waals surface area contributed by atoms with Gasteiger partial charge in [0.15, 0.2) is 0 Å². The van der Waals surface area contributed by atoms with E-state index in [1.807, 2.05) is 0 Å². The van der Waals surface area contributed by atoms with Gasteiger partial charge in [0.1, 0.15) is 27.1 Å².